The smallest absolute Gasteiger partial charge is 0.437 e. The van der Waals surface area contributed by atoms with Gasteiger partial charge < -0.3 is 9.16 Å². The fourth-order valence-corrected chi connectivity index (χ4v) is 3.80. The van der Waals surface area contributed by atoms with E-state index in [1.54, 1.807) is 31.2 Å². The van der Waals surface area contributed by atoms with Gasteiger partial charge in [-0.05, 0) is 49.3 Å². The van der Waals surface area contributed by atoms with E-state index in [0.29, 0.717) is 11.3 Å². The number of hydrogen-bond donors (Lipinski definition) is 1. The Kier molecular flexibility index (Phi) is 5.21. The van der Waals surface area contributed by atoms with Crippen LogP contribution in [0.1, 0.15) is 33.3 Å². The third kappa shape index (κ3) is 4.00. The molecule has 1 unspecified atom stereocenters. The van der Waals surface area contributed by atoms with Crippen molar-refractivity contribution in [2.24, 2.45) is 0 Å². The molecule has 0 aliphatic carbocycles. The van der Waals surface area contributed by atoms with E-state index in [9.17, 15) is 9.59 Å². The number of hydrogen-bond acceptors (Lipinski definition) is 5. The lowest BCUT2D eigenvalue weighted by molar-refractivity contribution is -0.135. The van der Waals surface area contributed by atoms with E-state index in [1.807, 2.05) is 30.3 Å². The normalized spacial score (nSPS) is 19.9. The van der Waals surface area contributed by atoms with Gasteiger partial charge in [-0.15, -0.1) is 5.01 Å². The molecule has 29 heavy (non-hydrogen) atoms. The highest BCUT2D eigenvalue weighted by Gasteiger charge is 2.52. The molecule has 154 valence electrons. The fraction of sp³-hybridized carbons (Fsp3) is 0.364. The zero-order valence-electron chi connectivity index (χ0n) is 17.8. The molecule has 2 amide bonds. The van der Waals surface area contributed by atoms with E-state index in [4.69, 9.17) is 9.16 Å². The summed E-state index contributed by atoms with van der Waals surface area (Å²) >= 11 is 0. The van der Waals surface area contributed by atoms with Crippen LogP contribution in [0.2, 0.25) is 18.1 Å². The number of carbonyl (C=O) groups excluding carboxylic acids is 2. The molecule has 1 saturated heterocycles. The molecule has 0 spiro atoms. The zero-order chi connectivity index (χ0) is 21.4. The Morgan fingerprint density at radius 3 is 2.14 bits per heavy atom. The zero-order valence-corrected chi connectivity index (χ0v) is 18.8. The number of nitrogens with zero attached hydrogens (tertiary/aromatic N) is 1. The van der Waals surface area contributed by atoms with E-state index >= 15 is 0 Å². The average Bonchev–Trinajstić information content (AvgIpc) is 2.86. The number of rotatable bonds is 5. The molecule has 1 heterocycles. The van der Waals surface area contributed by atoms with E-state index in [1.165, 1.54) is 0 Å². The van der Waals surface area contributed by atoms with Gasteiger partial charge in [0.1, 0.15) is 5.75 Å². The molecule has 2 aromatic carbocycles. The molecule has 0 bridgehead atoms. The largest absolute Gasteiger partial charge is 0.544 e. The Labute approximate surface area is 172 Å². The number of para-hydroxylation sites is 1. The summed E-state index contributed by atoms with van der Waals surface area (Å²) < 4.78 is 11.8. The average molecular weight is 413 g/mol. The number of hydrazine groups is 1. The number of carbonyl (C=O) groups is 2. The van der Waals surface area contributed by atoms with E-state index in [-0.39, 0.29) is 5.04 Å². The monoisotopic (exact) mass is 412 g/mol. The summed E-state index contributed by atoms with van der Waals surface area (Å²) in [4.78, 5) is 25.3. The van der Waals surface area contributed by atoms with Crippen molar-refractivity contribution in [3.8, 4) is 5.75 Å². The number of imide groups is 1. The van der Waals surface area contributed by atoms with Gasteiger partial charge in [0.15, 0.2) is 0 Å². The predicted molar refractivity (Wildman–Crippen MR) is 115 cm³/mol. The Balaban J connectivity index is 1.79. The molecule has 1 N–H and O–H groups in total. The van der Waals surface area contributed by atoms with Crippen LogP contribution >= 0.6 is 0 Å². The van der Waals surface area contributed by atoms with Crippen LogP contribution in [0.5, 0.6) is 5.75 Å². The molecule has 6 nitrogen and oxygen atoms in total. The number of ether oxygens (including phenoxy) is 1. The van der Waals surface area contributed by atoms with Crippen LogP contribution in [0, 0.1) is 0 Å². The minimum absolute atomic E-state index is 0.0816. The number of cyclic esters (lactones) is 1. The second-order valence-corrected chi connectivity index (χ2v) is 13.6. The highest BCUT2D eigenvalue weighted by Crippen LogP contribution is 2.39. The molecule has 0 radical (unpaired) electrons. The minimum atomic E-state index is -1.96. The lowest BCUT2D eigenvalue weighted by Crippen LogP contribution is -2.43. The van der Waals surface area contributed by atoms with Gasteiger partial charge in [0, 0.05) is 5.56 Å². The summed E-state index contributed by atoms with van der Waals surface area (Å²) in [5.74, 6) is 0.282. The highest BCUT2D eigenvalue weighted by molar-refractivity contribution is 6.74. The van der Waals surface area contributed by atoms with Crippen LogP contribution in [0.15, 0.2) is 54.6 Å². The Morgan fingerprint density at radius 2 is 1.59 bits per heavy atom. The SMILES string of the molecule is CC1(c2ccc(O[Si](C)(C)C(C)(C)C)cc2)OC(=O)N(Nc2ccccc2)C1=O. The van der Waals surface area contributed by atoms with Crippen molar-refractivity contribution < 1.29 is 18.8 Å². The summed E-state index contributed by atoms with van der Waals surface area (Å²) in [5, 5.41) is 0.994. The molecule has 7 heteroatoms. The first kappa shape index (κ1) is 20.9. The molecule has 0 saturated carbocycles. The third-order valence-corrected chi connectivity index (χ3v) is 10.0. The van der Waals surface area contributed by atoms with Crippen LogP contribution in [-0.2, 0) is 15.1 Å². The van der Waals surface area contributed by atoms with Crippen molar-refractivity contribution in [1.29, 1.82) is 0 Å². The van der Waals surface area contributed by atoms with Crippen molar-refractivity contribution >= 4 is 26.0 Å². The first-order valence-corrected chi connectivity index (χ1v) is 12.5. The van der Waals surface area contributed by atoms with Crippen LogP contribution in [-0.4, -0.2) is 25.3 Å². The van der Waals surface area contributed by atoms with Crippen LogP contribution in [0.4, 0.5) is 10.5 Å². The van der Waals surface area contributed by atoms with Crippen LogP contribution in [0.3, 0.4) is 0 Å². The number of benzene rings is 2. The number of anilines is 1. The van der Waals surface area contributed by atoms with Gasteiger partial charge in [-0.3, -0.25) is 10.2 Å². The van der Waals surface area contributed by atoms with E-state index in [0.717, 1.165) is 10.8 Å². The van der Waals surface area contributed by atoms with Crippen molar-refractivity contribution in [3.63, 3.8) is 0 Å². The van der Waals surface area contributed by atoms with Crippen LogP contribution in [0.25, 0.3) is 0 Å². The standard InChI is InChI=1S/C22H28N2O4Si/c1-21(2,3)29(5,6)28-18-14-12-16(13-15-18)22(4)19(25)24(20(26)27-22)23-17-10-8-7-9-11-17/h7-15,23H,1-6H3. The van der Waals surface area contributed by atoms with Crippen molar-refractivity contribution in [2.45, 2.75) is 51.4 Å². The van der Waals surface area contributed by atoms with Gasteiger partial charge in [-0.2, -0.15) is 0 Å². The second kappa shape index (κ2) is 7.22. The first-order chi connectivity index (χ1) is 13.4. The molecular formula is C22H28N2O4Si. The lowest BCUT2D eigenvalue weighted by atomic mass is 9.95. The summed E-state index contributed by atoms with van der Waals surface area (Å²) in [7, 11) is -1.96. The van der Waals surface area contributed by atoms with Gasteiger partial charge in [0.25, 0.3) is 5.91 Å². The maximum absolute atomic E-state index is 13.0. The molecule has 0 aromatic heterocycles. The summed E-state index contributed by atoms with van der Waals surface area (Å²) in [6.07, 6.45) is -0.733. The topological polar surface area (TPSA) is 67.9 Å². The molecule has 1 fully saturated rings. The van der Waals surface area contributed by atoms with Gasteiger partial charge in [0.05, 0.1) is 5.69 Å². The first-order valence-electron chi connectivity index (χ1n) is 9.63. The van der Waals surface area contributed by atoms with Gasteiger partial charge >= 0.3 is 6.09 Å². The summed E-state index contributed by atoms with van der Waals surface area (Å²) in [5.41, 5.74) is 2.64. The fourth-order valence-electron chi connectivity index (χ4n) is 2.77. The maximum Gasteiger partial charge on any atom is 0.437 e. The van der Waals surface area contributed by atoms with Crippen molar-refractivity contribution in [3.05, 3.63) is 60.2 Å². The molecule has 1 aliphatic rings. The Hall–Kier alpha value is -2.80. The van der Waals surface area contributed by atoms with Gasteiger partial charge in [-0.1, -0.05) is 51.1 Å². The number of nitrogens with one attached hydrogen (secondary N) is 1. The molecular weight excluding hydrogens is 384 g/mol. The molecule has 1 aliphatic heterocycles. The molecule has 3 rings (SSSR count). The lowest BCUT2D eigenvalue weighted by Gasteiger charge is -2.36. The quantitative estimate of drug-likeness (QED) is 0.676. The van der Waals surface area contributed by atoms with Gasteiger partial charge in [0.2, 0.25) is 13.9 Å². The second-order valence-electron chi connectivity index (χ2n) is 8.91. The Bertz CT molecular complexity index is 907. The highest BCUT2D eigenvalue weighted by atomic mass is 28.4. The van der Waals surface area contributed by atoms with Crippen LogP contribution < -0.4 is 9.85 Å². The summed E-state index contributed by atoms with van der Waals surface area (Å²) in [6, 6.07) is 16.2. The summed E-state index contributed by atoms with van der Waals surface area (Å²) in [6.45, 7) is 12.5. The van der Waals surface area contributed by atoms with Crippen molar-refractivity contribution in [1.82, 2.24) is 5.01 Å². The Morgan fingerprint density at radius 1 is 1.00 bits per heavy atom. The number of amides is 2. The van der Waals surface area contributed by atoms with E-state index in [2.05, 4.69) is 39.3 Å². The van der Waals surface area contributed by atoms with Crippen molar-refractivity contribution in [2.75, 3.05) is 5.43 Å². The van der Waals surface area contributed by atoms with Gasteiger partial charge in [-0.25, -0.2) is 4.79 Å². The predicted octanol–water partition coefficient (Wildman–Crippen LogP) is 5.29. The maximum atomic E-state index is 13.0. The van der Waals surface area contributed by atoms with E-state index < -0.39 is 25.9 Å². The molecule has 1 atom stereocenters. The molecule has 2 aromatic rings. The minimum Gasteiger partial charge on any atom is -0.544 e. The third-order valence-electron chi connectivity index (χ3n) is 5.68.